The van der Waals surface area contributed by atoms with Crippen LogP contribution < -0.4 is 5.32 Å². The first-order valence-corrected chi connectivity index (χ1v) is 9.15. The van der Waals surface area contributed by atoms with Crippen LogP contribution >= 0.6 is 0 Å². The second kappa shape index (κ2) is 7.31. The van der Waals surface area contributed by atoms with E-state index in [1.54, 1.807) is 12.1 Å². The summed E-state index contributed by atoms with van der Waals surface area (Å²) in [5, 5.41) is 7.59. The molecule has 2 aromatic rings. The molecule has 7 heteroatoms. The number of carbonyl (C=O) groups is 1. The number of likely N-dealkylation sites (tertiary alicyclic amines) is 1. The summed E-state index contributed by atoms with van der Waals surface area (Å²) in [6.07, 6.45) is 6.72. The maximum atomic E-state index is 12.5. The first-order valence-electron chi connectivity index (χ1n) is 9.15. The van der Waals surface area contributed by atoms with Crippen molar-refractivity contribution in [1.29, 1.82) is 0 Å². The Bertz CT molecular complexity index is 731. The van der Waals surface area contributed by atoms with Crippen molar-refractivity contribution in [2.75, 3.05) is 19.6 Å². The number of hydrogen-bond donors (Lipinski definition) is 1. The third kappa shape index (κ3) is 3.56. The van der Waals surface area contributed by atoms with Crippen molar-refractivity contribution in [2.24, 2.45) is 0 Å². The largest absolute Gasteiger partial charge is 0.337 e. The van der Waals surface area contributed by atoms with E-state index in [1.807, 2.05) is 11.0 Å². The van der Waals surface area contributed by atoms with Gasteiger partial charge in [-0.2, -0.15) is 4.98 Å². The van der Waals surface area contributed by atoms with Gasteiger partial charge in [0.1, 0.15) is 11.4 Å². The van der Waals surface area contributed by atoms with Crippen LogP contribution in [0, 0.1) is 0 Å². The molecular formula is C18H23N5O2. The molecule has 1 atom stereocenters. The standard InChI is InChI=1S/C18H23N5O2/c24-18(23-11-4-5-12-23)15-9-6-8-14(20-15)17-21-16(22-25-17)13-7-2-1-3-10-19-13/h6,8-9,13,19H,1-5,7,10-12H2/t13-/m0/s1. The number of hydrogen-bond acceptors (Lipinski definition) is 6. The van der Waals surface area contributed by atoms with Gasteiger partial charge in [-0.25, -0.2) is 4.98 Å². The van der Waals surface area contributed by atoms with Crippen LogP contribution in [0.15, 0.2) is 22.7 Å². The van der Waals surface area contributed by atoms with Gasteiger partial charge in [0, 0.05) is 13.1 Å². The molecule has 2 aromatic heterocycles. The molecule has 0 spiro atoms. The molecule has 0 aromatic carbocycles. The van der Waals surface area contributed by atoms with E-state index in [0.29, 0.717) is 23.1 Å². The highest BCUT2D eigenvalue weighted by Crippen LogP contribution is 2.23. The van der Waals surface area contributed by atoms with E-state index in [2.05, 4.69) is 20.4 Å². The van der Waals surface area contributed by atoms with Crippen molar-refractivity contribution < 1.29 is 9.32 Å². The Morgan fingerprint density at radius 2 is 2.00 bits per heavy atom. The number of pyridine rings is 1. The summed E-state index contributed by atoms with van der Waals surface area (Å²) < 4.78 is 5.42. The minimum absolute atomic E-state index is 0.0236. The average molecular weight is 341 g/mol. The Kier molecular flexibility index (Phi) is 4.74. The van der Waals surface area contributed by atoms with Gasteiger partial charge in [0.25, 0.3) is 11.8 Å². The molecule has 132 valence electrons. The average Bonchev–Trinajstić information content (AvgIpc) is 3.29. The van der Waals surface area contributed by atoms with E-state index in [9.17, 15) is 4.79 Å². The molecule has 4 rings (SSSR count). The smallest absolute Gasteiger partial charge is 0.276 e. The van der Waals surface area contributed by atoms with Crippen molar-refractivity contribution in [3.8, 4) is 11.6 Å². The highest BCUT2D eigenvalue weighted by Gasteiger charge is 2.23. The van der Waals surface area contributed by atoms with Gasteiger partial charge in [-0.3, -0.25) is 4.79 Å². The fraction of sp³-hybridized carbons (Fsp3) is 0.556. The van der Waals surface area contributed by atoms with Gasteiger partial charge in [-0.1, -0.05) is 24.1 Å². The highest BCUT2D eigenvalue weighted by atomic mass is 16.5. The van der Waals surface area contributed by atoms with Gasteiger partial charge in [-0.05, 0) is 44.4 Å². The van der Waals surface area contributed by atoms with E-state index < -0.39 is 0 Å². The summed E-state index contributed by atoms with van der Waals surface area (Å²) in [7, 11) is 0. The van der Waals surface area contributed by atoms with Gasteiger partial charge in [0.2, 0.25) is 0 Å². The number of aromatic nitrogens is 3. The maximum Gasteiger partial charge on any atom is 0.276 e. The van der Waals surface area contributed by atoms with E-state index in [0.717, 1.165) is 38.9 Å². The molecule has 2 aliphatic heterocycles. The van der Waals surface area contributed by atoms with E-state index in [1.165, 1.54) is 19.3 Å². The molecule has 2 saturated heterocycles. The SMILES string of the molecule is O=C(c1cccc(-c2nc([C@@H]3CCCCCN3)no2)n1)N1CCCC1. The summed E-state index contributed by atoms with van der Waals surface area (Å²) >= 11 is 0. The lowest BCUT2D eigenvalue weighted by atomic mass is 10.1. The van der Waals surface area contributed by atoms with Crippen molar-refractivity contribution in [3.05, 3.63) is 29.7 Å². The van der Waals surface area contributed by atoms with Crippen LogP contribution in [0.4, 0.5) is 0 Å². The fourth-order valence-corrected chi connectivity index (χ4v) is 3.48. The molecular weight excluding hydrogens is 318 g/mol. The molecule has 2 aliphatic rings. The Labute approximate surface area is 146 Å². The third-order valence-electron chi connectivity index (χ3n) is 4.89. The molecule has 0 bridgehead atoms. The van der Waals surface area contributed by atoms with Gasteiger partial charge >= 0.3 is 0 Å². The predicted octanol–water partition coefficient (Wildman–Crippen LogP) is 2.57. The van der Waals surface area contributed by atoms with Gasteiger partial charge < -0.3 is 14.7 Å². The van der Waals surface area contributed by atoms with Crippen molar-refractivity contribution in [3.63, 3.8) is 0 Å². The number of rotatable bonds is 3. The minimum Gasteiger partial charge on any atom is -0.337 e. The Morgan fingerprint density at radius 1 is 1.12 bits per heavy atom. The molecule has 0 radical (unpaired) electrons. The number of amides is 1. The van der Waals surface area contributed by atoms with E-state index in [-0.39, 0.29) is 11.9 Å². The third-order valence-corrected chi connectivity index (χ3v) is 4.89. The maximum absolute atomic E-state index is 12.5. The predicted molar refractivity (Wildman–Crippen MR) is 91.9 cm³/mol. The normalized spacial score (nSPS) is 21.3. The monoisotopic (exact) mass is 341 g/mol. The Hall–Kier alpha value is -2.28. The van der Waals surface area contributed by atoms with Gasteiger partial charge in [0.15, 0.2) is 5.82 Å². The zero-order valence-electron chi connectivity index (χ0n) is 14.3. The molecule has 2 fully saturated rings. The van der Waals surface area contributed by atoms with Crippen LogP contribution in [0.5, 0.6) is 0 Å². The summed E-state index contributed by atoms with van der Waals surface area (Å²) in [6, 6.07) is 5.50. The first kappa shape index (κ1) is 16.2. The quantitative estimate of drug-likeness (QED) is 0.924. The van der Waals surface area contributed by atoms with Crippen LogP contribution in [0.3, 0.4) is 0 Å². The zero-order chi connectivity index (χ0) is 17.1. The van der Waals surface area contributed by atoms with E-state index in [4.69, 9.17) is 4.52 Å². The number of nitrogens with zero attached hydrogens (tertiary/aromatic N) is 4. The molecule has 4 heterocycles. The Morgan fingerprint density at radius 3 is 2.88 bits per heavy atom. The fourth-order valence-electron chi connectivity index (χ4n) is 3.48. The highest BCUT2D eigenvalue weighted by molar-refractivity contribution is 5.92. The van der Waals surface area contributed by atoms with Crippen molar-refractivity contribution in [2.45, 2.75) is 44.6 Å². The number of carbonyl (C=O) groups excluding carboxylic acids is 1. The Balaban J connectivity index is 1.53. The van der Waals surface area contributed by atoms with Crippen LogP contribution in [-0.4, -0.2) is 45.6 Å². The van der Waals surface area contributed by atoms with Crippen LogP contribution in [0.1, 0.15) is 60.9 Å². The molecule has 1 N–H and O–H groups in total. The molecule has 25 heavy (non-hydrogen) atoms. The van der Waals surface area contributed by atoms with Crippen molar-refractivity contribution >= 4 is 5.91 Å². The molecule has 7 nitrogen and oxygen atoms in total. The van der Waals surface area contributed by atoms with Crippen molar-refractivity contribution in [1.82, 2.24) is 25.3 Å². The molecule has 0 aliphatic carbocycles. The lowest BCUT2D eigenvalue weighted by molar-refractivity contribution is 0.0787. The van der Waals surface area contributed by atoms with Crippen LogP contribution in [-0.2, 0) is 0 Å². The summed E-state index contributed by atoms with van der Waals surface area (Å²) in [5.74, 6) is 1.02. The second-order valence-corrected chi connectivity index (χ2v) is 6.72. The van der Waals surface area contributed by atoms with Gasteiger partial charge in [0.05, 0.1) is 6.04 Å². The molecule has 1 amide bonds. The molecule has 0 unspecified atom stereocenters. The zero-order valence-corrected chi connectivity index (χ0v) is 14.3. The molecule has 0 saturated carbocycles. The number of nitrogens with one attached hydrogen (secondary N) is 1. The lowest BCUT2D eigenvalue weighted by Crippen LogP contribution is -2.28. The van der Waals surface area contributed by atoms with E-state index >= 15 is 0 Å². The minimum atomic E-state index is -0.0236. The lowest BCUT2D eigenvalue weighted by Gasteiger charge is -2.14. The van der Waals surface area contributed by atoms with Gasteiger partial charge in [-0.15, -0.1) is 0 Å². The van der Waals surface area contributed by atoms with Crippen LogP contribution in [0.2, 0.25) is 0 Å². The topological polar surface area (TPSA) is 84.2 Å². The first-order chi connectivity index (χ1) is 12.3. The second-order valence-electron chi connectivity index (χ2n) is 6.72. The van der Waals surface area contributed by atoms with Crippen LogP contribution in [0.25, 0.3) is 11.6 Å². The summed E-state index contributed by atoms with van der Waals surface area (Å²) in [4.78, 5) is 23.3. The summed E-state index contributed by atoms with van der Waals surface area (Å²) in [5.41, 5.74) is 0.990. The summed E-state index contributed by atoms with van der Waals surface area (Å²) in [6.45, 7) is 2.60.